The zero-order valence-electron chi connectivity index (χ0n) is 18.1. The molecular formula is C24H25FN6O. The molecule has 4 rings (SSSR count). The van der Waals surface area contributed by atoms with E-state index in [1.165, 1.54) is 13.0 Å². The number of nitrogens with zero attached hydrogens (tertiary/aromatic N) is 5. The van der Waals surface area contributed by atoms with Crippen molar-refractivity contribution < 1.29 is 9.18 Å². The molecule has 1 amide bonds. The van der Waals surface area contributed by atoms with E-state index in [9.17, 15) is 4.79 Å². The number of anilines is 2. The van der Waals surface area contributed by atoms with E-state index in [0.29, 0.717) is 11.3 Å². The van der Waals surface area contributed by atoms with E-state index in [4.69, 9.17) is 5.26 Å². The highest BCUT2D eigenvalue weighted by molar-refractivity contribution is 5.92. The minimum Gasteiger partial charge on any atom is -0.367 e. The number of halogens is 1. The number of aromatic nitrogens is 3. The van der Waals surface area contributed by atoms with Crippen LogP contribution in [0.4, 0.5) is 15.9 Å². The third-order valence-electron chi connectivity index (χ3n) is 5.89. The summed E-state index contributed by atoms with van der Waals surface area (Å²) in [6.07, 6.45) is 8.26. The second-order valence-electron chi connectivity index (χ2n) is 8.15. The summed E-state index contributed by atoms with van der Waals surface area (Å²) in [6.45, 7) is 1.49. The highest BCUT2D eigenvalue weighted by Crippen LogP contribution is 2.32. The Morgan fingerprint density at radius 2 is 1.97 bits per heavy atom. The van der Waals surface area contributed by atoms with Crippen LogP contribution in [-0.2, 0) is 11.8 Å². The average Bonchev–Trinajstić information content (AvgIpc) is 3.23. The Bertz CT molecular complexity index is 1140. The van der Waals surface area contributed by atoms with Gasteiger partial charge in [-0.15, -0.1) is 0 Å². The van der Waals surface area contributed by atoms with Gasteiger partial charge in [0.15, 0.2) is 0 Å². The number of nitriles is 1. The number of pyridine rings is 1. The van der Waals surface area contributed by atoms with Crippen molar-refractivity contribution in [3.8, 4) is 17.2 Å². The maximum atomic E-state index is 15.1. The molecule has 0 unspecified atom stereocenters. The molecule has 0 saturated heterocycles. The molecule has 7 nitrogen and oxygen atoms in total. The van der Waals surface area contributed by atoms with Crippen LogP contribution in [0.1, 0.15) is 38.2 Å². The fraction of sp³-hybridized carbons (Fsp3) is 0.333. The van der Waals surface area contributed by atoms with E-state index in [0.717, 1.165) is 42.6 Å². The standard InChI is InChI=1S/C24H25FN6O/c1-16(32)31(23-9-4-18(11-22(23)25)19-14-28-30(2)15-19)21-7-5-20(6-8-21)29-24-10-3-17(12-26)13-27-24/h3-4,9-11,13-15,20-21H,5-8H2,1-2H3,(H,27,29). The lowest BCUT2D eigenvalue weighted by molar-refractivity contribution is -0.117. The third-order valence-corrected chi connectivity index (χ3v) is 5.89. The van der Waals surface area contributed by atoms with Crippen molar-refractivity contribution in [3.05, 3.63) is 60.3 Å². The van der Waals surface area contributed by atoms with Crippen LogP contribution in [-0.4, -0.2) is 32.8 Å². The molecule has 2 heterocycles. The van der Waals surface area contributed by atoms with E-state index < -0.39 is 5.82 Å². The summed E-state index contributed by atoms with van der Waals surface area (Å²) < 4.78 is 16.7. The zero-order valence-corrected chi connectivity index (χ0v) is 18.1. The summed E-state index contributed by atoms with van der Waals surface area (Å²) >= 11 is 0. The largest absolute Gasteiger partial charge is 0.367 e. The number of hydrogen-bond donors (Lipinski definition) is 1. The summed E-state index contributed by atoms with van der Waals surface area (Å²) in [5.41, 5.74) is 2.39. The molecule has 32 heavy (non-hydrogen) atoms. The molecule has 0 radical (unpaired) electrons. The van der Waals surface area contributed by atoms with Crippen molar-refractivity contribution in [3.63, 3.8) is 0 Å². The number of nitrogens with one attached hydrogen (secondary N) is 1. The van der Waals surface area contributed by atoms with Gasteiger partial charge in [0.1, 0.15) is 17.7 Å². The van der Waals surface area contributed by atoms with Gasteiger partial charge in [-0.05, 0) is 55.5 Å². The molecular weight excluding hydrogens is 407 g/mol. The second-order valence-corrected chi connectivity index (χ2v) is 8.15. The Morgan fingerprint density at radius 3 is 2.53 bits per heavy atom. The first kappa shape index (κ1) is 21.5. The van der Waals surface area contributed by atoms with Crippen LogP contribution in [0.2, 0.25) is 0 Å². The van der Waals surface area contributed by atoms with E-state index in [-0.39, 0.29) is 18.0 Å². The maximum Gasteiger partial charge on any atom is 0.224 e. The molecule has 0 atom stereocenters. The van der Waals surface area contributed by atoms with Gasteiger partial charge in [0.25, 0.3) is 0 Å². The molecule has 1 fully saturated rings. The van der Waals surface area contributed by atoms with E-state index in [1.54, 1.807) is 40.2 Å². The van der Waals surface area contributed by atoms with E-state index in [1.807, 2.05) is 19.3 Å². The van der Waals surface area contributed by atoms with Gasteiger partial charge in [-0.3, -0.25) is 9.48 Å². The summed E-state index contributed by atoms with van der Waals surface area (Å²) in [6, 6.07) is 10.7. The fourth-order valence-electron chi connectivity index (χ4n) is 4.31. The minimum atomic E-state index is -0.413. The van der Waals surface area contributed by atoms with Crippen molar-refractivity contribution in [1.29, 1.82) is 5.26 Å². The van der Waals surface area contributed by atoms with Crippen LogP contribution in [0.25, 0.3) is 11.1 Å². The molecule has 3 aromatic rings. The molecule has 1 saturated carbocycles. The van der Waals surface area contributed by atoms with Gasteiger partial charge < -0.3 is 10.2 Å². The molecule has 0 spiro atoms. The predicted molar refractivity (Wildman–Crippen MR) is 120 cm³/mol. The lowest BCUT2D eigenvalue weighted by Crippen LogP contribution is -2.43. The quantitative estimate of drug-likeness (QED) is 0.651. The Kier molecular flexibility index (Phi) is 6.17. The summed E-state index contributed by atoms with van der Waals surface area (Å²) in [4.78, 5) is 18.3. The predicted octanol–water partition coefficient (Wildman–Crippen LogP) is 4.27. The number of benzene rings is 1. The minimum absolute atomic E-state index is 0.0572. The lowest BCUT2D eigenvalue weighted by Gasteiger charge is -2.37. The first-order valence-corrected chi connectivity index (χ1v) is 10.7. The van der Waals surface area contributed by atoms with Gasteiger partial charge in [-0.2, -0.15) is 10.4 Å². The molecule has 2 aromatic heterocycles. The van der Waals surface area contributed by atoms with E-state index in [2.05, 4.69) is 21.5 Å². The number of carbonyl (C=O) groups excluding carboxylic acids is 1. The fourth-order valence-corrected chi connectivity index (χ4v) is 4.31. The molecule has 8 heteroatoms. The Morgan fingerprint density at radius 1 is 1.19 bits per heavy atom. The van der Waals surface area contributed by atoms with Crippen LogP contribution in [0, 0.1) is 17.1 Å². The number of carbonyl (C=O) groups is 1. The smallest absolute Gasteiger partial charge is 0.224 e. The van der Waals surface area contributed by atoms with Crippen LogP contribution in [0.3, 0.4) is 0 Å². The van der Waals surface area contributed by atoms with Gasteiger partial charge in [0, 0.05) is 44.0 Å². The molecule has 1 aliphatic rings. The van der Waals surface area contributed by atoms with Gasteiger partial charge in [-0.1, -0.05) is 6.07 Å². The molecule has 164 valence electrons. The third kappa shape index (κ3) is 4.62. The molecule has 1 aliphatic carbocycles. The number of rotatable bonds is 5. The van der Waals surface area contributed by atoms with Crippen molar-refractivity contribution in [2.75, 3.05) is 10.2 Å². The zero-order chi connectivity index (χ0) is 22.7. The molecule has 1 N–H and O–H groups in total. The Hall–Kier alpha value is -3.73. The van der Waals surface area contributed by atoms with Crippen molar-refractivity contribution in [1.82, 2.24) is 14.8 Å². The molecule has 0 bridgehead atoms. The van der Waals surface area contributed by atoms with Crippen LogP contribution in [0.15, 0.2) is 48.9 Å². The van der Waals surface area contributed by atoms with Crippen molar-refractivity contribution in [2.24, 2.45) is 7.05 Å². The second kappa shape index (κ2) is 9.18. The average molecular weight is 433 g/mol. The summed E-state index contributed by atoms with van der Waals surface area (Å²) in [5, 5.41) is 16.4. The van der Waals surface area contributed by atoms with Crippen LogP contribution in [0.5, 0.6) is 0 Å². The SMILES string of the molecule is CC(=O)N(c1ccc(-c2cnn(C)c2)cc1F)C1CCC(Nc2ccc(C#N)cn2)CC1. The topological polar surface area (TPSA) is 86.8 Å². The van der Waals surface area contributed by atoms with Gasteiger partial charge in [0.2, 0.25) is 5.91 Å². The number of aryl methyl sites for hydroxylation is 1. The number of amides is 1. The van der Waals surface area contributed by atoms with Crippen molar-refractivity contribution in [2.45, 2.75) is 44.7 Å². The number of hydrogen-bond acceptors (Lipinski definition) is 5. The lowest BCUT2D eigenvalue weighted by atomic mass is 9.89. The highest BCUT2D eigenvalue weighted by Gasteiger charge is 2.30. The monoisotopic (exact) mass is 432 g/mol. The Labute approximate surface area is 186 Å². The molecule has 0 aliphatic heterocycles. The van der Waals surface area contributed by atoms with Crippen molar-refractivity contribution >= 4 is 17.4 Å². The van der Waals surface area contributed by atoms with Crippen LogP contribution < -0.4 is 10.2 Å². The van der Waals surface area contributed by atoms with Gasteiger partial charge in [0.05, 0.1) is 17.4 Å². The Balaban J connectivity index is 1.44. The summed E-state index contributed by atoms with van der Waals surface area (Å²) in [7, 11) is 1.81. The first-order valence-electron chi connectivity index (χ1n) is 10.7. The summed E-state index contributed by atoms with van der Waals surface area (Å²) in [5.74, 6) is 0.152. The van der Waals surface area contributed by atoms with Crippen LogP contribution >= 0.6 is 0 Å². The highest BCUT2D eigenvalue weighted by atomic mass is 19.1. The normalized spacial score (nSPS) is 18.1. The van der Waals surface area contributed by atoms with Gasteiger partial charge in [-0.25, -0.2) is 9.37 Å². The maximum absolute atomic E-state index is 15.1. The van der Waals surface area contributed by atoms with Gasteiger partial charge >= 0.3 is 0 Å². The first-order chi connectivity index (χ1) is 15.4. The molecule has 1 aromatic carbocycles. The van der Waals surface area contributed by atoms with E-state index >= 15 is 4.39 Å².